The maximum atomic E-state index is 12.0. The highest BCUT2D eigenvalue weighted by Gasteiger charge is 2.19. The molecular formula is C13H18ClNO4S. The number of benzene rings is 1. The molecule has 0 fully saturated rings. The van der Waals surface area contributed by atoms with Crippen molar-refractivity contribution in [1.29, 1.82) is 0 Å². The molecule has 0 bridgehead atoms. The second-order valence-corrected chi connectivity index (χ2v) is 7.32. The molecule has 1 atom stereocenters. The topological polar surface area (TPSA) is 83.5 Å². The second kappa shape index (κ2) is 6.56. The summed E-state index contributed by atoms with van der Waals surface area (Å²) in [4.78, 5) is 12.0. The van der Waals surface area contributed by atoms with Crippen LogP contribution in [-0.4, -0.2) is 38.3 Å². The van der Waals surface area contributed by atoms with Crippen molar-refractivity contribution in [2.24, 2.45) is 5.92 Å². The monoisotopic (exact) mass is 319 g/mol. The number of aliphatic hydroxyl groups is 1. The number of sulfone groups is 1. The molecule has 0 aliphatic rings. The molecule has 7 heteroatoms. The lowest BCUT2D eigenvalue weighted by Crippen LogP contribution is -2.41. The molecule has 1 aromatic rings. The van der Waals surface area contributed by atoms with E-state index in [-0.39, 0.29) is 34.0 Å². The molecule has 20 heavy (non-hydrogen) atoms. The van der Waals surface area contributed by atoms with Crippen LogP contribution < -0.4 is 5.32 Å². The summed E-state index contributed by atoms with van der Waals surface area (Å²) in [6.45, 7) is 3.55. The highest BCUT2D eigenvalue weighted by Crippen LogP contribution is 2.22. The SMILES string of the molecule is CC(C)C(CO)NC(=O)c1ccc(Cl)c(S(C)(=O)=O)c1. The van der Waals surface area contributed by atoms with Crippen LogP contribution in [-0.2, 0) is 9.84 Å². The fraction of sp³-hybridized carbons (Fsp3) is 0.462. The Morgan fingerprint density at radius 3 is 2.45 bits per heavy atom. The number of carbonyl (C=O) groups is 1. The molecule has 1 amide bonds. The number of hydrogen-bond donors (Lipinski definition) is 2. The van der Waals surface area contributed by atoms with Crippen LogP contribution in [0.15, 0.2) is 23.1 Å². The van der Waals surface area contributed by atoms with Crippen molar-refractivity contribution in [3.8, 4) is 0 Å². The summed E-state index contributed by atoms with van der Waals surface area (Å²) in [7, 11) is -3.50. The van der Waals surface area contributed by atoms with Crippen molar-refractivity contribution >= 4 is 27.3 Å². The quantitative estimate of drug-likeness (QED) is 0.861. The first kappa shape index (κ1) is 16.9. The Labute approximate surface area is 123 Å². The normalized spacial score (nSPS) is 13.3. The smallest absolute Gasteiger partial charge is 0.251 e. The van der Waals surface area contributed by atoms with Gasteiger partial charge in [0.1, 0.15) is 0 Å². The van der Waals surface area contributed by atoms with Crippen LogP contribution in [0, 0.1) is 5.92 Å². The predicted octanol–water partition coefficient (Wildman–Crippen LogP) is 1.49. The van der Waals surface area contributed by atoms with Gasteiger partial charge in [0.05, 0.1) is 22.6 Å². The van der Waals surface area contributed by atoms with Gasteiger partial charge in [-0.15, -0.1) is 0 Å². The first-order chi connectivity index (χ1) is 9.16. The van der Waals surface area contributed by atoms with E-state index < -0.39 is 15.7 Å². The summed E-state index contributed by atoms with van der Waals surface area (Å²) in [6, 6.07) is 3.67. The van der Waals surface area contributed by atoms with Gasteiger partial charge in [-0.25, -0.2) is 8.42 Å². The van der Waals surface area contributed by atoms with E-state index >= 15 is 0 Å². The number of hydrogen-bond acceptors (Lipinski definition) is 4. The molecule has 0 radical (unpaired) electrons. The molecule has 0 aliphatic heterocycles. The lowest BCUT2D eigenvalue weighted by atomic mass is 10.0. The summed E-state index contributed by atoms with van der Waals surface area (Å²) in [5, 5.41) is 11.9. The van der Waals surface area contributed by atoms with Crippen LogP contribution >= 0.6 is 11.6 Å². The van der Waals surface area contributed by atoms with Crippen LogP contribution in [0.2, 0.25) is 5.02 Å². The molecule has 0 saturated heterocycles. The molecule has 2 N–H and O–H groups in total. The average Bonchev–Trinajstić information content (AvgIpc) is 2.34. The highest BCUT2D eigenvalue weighted by atomic mass is 35.5. The molecule has 0 aromatic heterocycles. The second-order valence-electron chi connectivity index (χ2n) is 4.92. The summed E-state index contributed by atoms with van der Waals surface area (Å²) >= 11 is 5.82. The zero-order valence-corrected chi connectivity index (χ0v) is 13.1. The summed E-state index contributed by atoms with van der Waals surface area (Å²) in [5.41, 5.74) is 0.189. The summed E-state index contributed by atoms with van der Waals surface area (Å²) in [5.74, 6) is -0.384. The van der Waals surface area contributed by atoms with E-state index in [1.54, 1.807) is 0 Å². The highest BCUT2D eigenvalue weighted by molar-refractivity contribution is 7.90. The summed E-state index contributed by atoms with van der Waals surface area (Å²) < 4.78 is 23.1. The van der Waals surface area contributed by atoms with E-state index in [2.05, 4.69) is 5.32 Å². The van der Waals surface area contributed by atoms with Crippen LogP contribution in [0.3, 0.4) is 0 Å². The molecule has 0 spiro atoms. The van der Waals surface area contributed by atoms with Gasteiger partial charge < -0.3 is 10.4 Å². The van der Waals surface area contributed by atoms with E-state index in [0.29, 0.717) is 0 Å². The molecule has 1 unspecified atom stereocenters. The zero-order chi connectivity index (χ0) is 15.5. The summed E-state index contributed by atoms with van der Waals surface area (Å²) in [6.07, 6.45) is 1.03. The van der Waals surface area contributed by atoms with Crippen LogP contribution in [0.4, 0.5) is 0 Å². The minimum absolute atomic E-state index is 0.0608. The van der Waals surface area contributed by atoms with Gasteiger partial charge in [0.15, 0.2) is 9.84 Å². The van der Waals surface area contributed by atoms with E-state index in [4.69, 9.17) is 11.6 Å². The van der Waals surface area contributed by atoms with Crippen LogP contribution in [0.5, 0.6) is 0 Å². The third-order valence-electron chi connectivity index (χ3n) is 2.91. The molecule has 112 valence electrons. The van der Waals surface area contributed by atoms with Gasteiger partial charge in [-0.2, -0.15) is 0 Å². The van der Waals surface area contributed by atoms with Crippen molar-refractivity contribution in [1.82, 2.24) is 5.32 Å². The molecule has 0 heterocycles. The molecule has 5 nitrogen and oxygen atoms in total. The number of rotatable bonds is 5. The van der Waals surface area contributed by atoms with Crippen molar-refractivity contribution in [3.63, 3.8) is 0 Å². The fourth-order valence-corrected chi connectivity index (χ4v) is 2.90. The minimum Gasteiger partial charge on any atom is -0.394 e. The largest absolute Gasteiger partial charge is 0.394 e. The van der Waals surface area contributed by atoms with Crippen molar-refractivity contribution in [2.45, 2.75) is 24.8 Å². The molecule has 0 saturated carbocycles. The Balaban J connectivity index is 3.07. The fourth-order valence-electron chi connectivity index (χ4n) is 1.60. The van der Waals surface area contributed by atoms with Gasteiger partial charge in [0, 0.05) is 11.8 Å². The number of amides is 1. The van der Waals surface area contributed by atoms with Crippen LogP contribution in [0.1, 0.15) is 24.2 Å². The van der Waals surface area contributed by atoms with Gasteiger partial charge in [0.2, 0.25) is 0 Å². The van der Waals surface area contributed by atoms with Gasteiger partial charge in [0.25, 0.3) is 5.91 Å². The first-order valence-corrected chi connectivity index (χ1v) is 8.35. The Bertz CT molecular complexity index is 598. The standard InChI is InChI=1S/C13H18ClNO4S/c1-8(2)11(7-16)15-13(17)9-4-5-10(14)12(6-9)20(3,18)19/h4-6,8,11,16H,7H2,1-3H3,(H,15,17). The van der Waals surface area contributed by atoms with Crippen molar-refractivity contribution < 1.29 is 18.3 Å². The minimum atomic E-state index is -3.50. The zero-order valence-electron chi connectivity index (χ0n) is 11.6. The lowest BCUT2D eigenvalue weighted by Gasteiger charge is -2.20. The first-order valence-electron chi connectivity index (χ1n) is 6.08. The Kier molecular flexibility index (Phi) is 5.56. The van der Waals surface area contributed by atoms with Gasteiger partial charge in [-0.3, -0.25) is 4.79 Å². The van der Waals surface area contributed by atoms with E-state index in [0.717, 1.165) is 6.26 Å². The van der Waals surface area contributed by atoms with Crippen molar-refractivity contribution in [3.05, 3.63) is 28.8 Å². The van der Waals surface area contributed by atoms with Gasteiger partial charge in [-0.05, 0) is 24.1 Å². The number of carbonyl (C=O) groups excluding carboxylic acids is 1. The number of aliphatic hydroxyl groups excluding tert-OH is 1. The molecule has 0 aliphatic carbocycles. The van der Waals surface area contributed by atoms with Gasteiger partial charge >= 0.3 is 0 Å². The maximum Gasteiger partial charge on any atom is 0.251 e. The molecule has 1 rings (SSSR count). The third kappa shape index (κ3) is 4.19. The Morgan fingerprint density at radius 2 is 2.00 bits per heavy atom. The lowest BCUT2D eigenvalue weighted by molar-refractivity contribution is 0.0896. The third-order valence-corrected chi connectivity index (χ3v) is 4.49. The van der Waals surface area contributed by atoms with E-state index in [1.807, 2.05) is 13.8 Å². The Morgan fingerprint density at radius 1 is 1.40 bits per heavy atom. The van der Waals surface area contributed by atoms with Crippen LogP contribution in [0.25, 0.3) is 0 Å². The predicted molar refractivity (Wildman–Crippen MR) is 77.7 cm³/mol. The number of nitrogens with one attached hydrogen (secondary N) is 1. The van der Waals surface area contributed by atoms with Crippen molar-refractivity contribution in [2.75, 3.05) is 12.9 Å². The number of halogens is 1. The maximum absolute atomic E-state index is 12.0. The van der Waals surface area contributed by atoms with E-state index in [9.17, 15) is 18.3 Å². The molecule has 1 aromatic carbocycles. The Hall–Kier alpha value is -1.11. The van der Waals surface area contributed by atoms with E-state index in [1.165, 1.54) is 18.2 Å². The van der Waals surface area contributed by atoms with Gasteiger partial charge in [-0.1, -0.05) is 25.4 Å². The molecular weight excluding hydrogens is 302 g/mol. The average molecular weight is 320 g/mol.